The molecule has 0 bridgehead atoms. The second-order valence-corrected chi connectivity index (χ2v) is 39.4. The lowest BCUT2D eigenvalue weighted by atomic mass is 9.98. The van der Waals surface area contributed by atoms with Gasteiger partial charge in [0.2, 0.25) is 23.6 Å². The van der Waals surface area contributed by atoms with Gasteiger partial charge in [-0.15, -0.1) is 45.3 Å². The van der Waals surface area contributed by atoms with Crippen LogP contribution in [0.15, 0.2) is 140 Å². The Morgan fingerprint density at radius 1 is 0.341 bits per heavy atom. The molecule has 0 aliphatic carbocycles. The summed E-state index contributed by atoms with van der Waals surface area (Å²) < 4.78 is 106. The number of aryl methyl sites for hydroxylation is 4. The Bertz CT molecular complexity index is 6370. The molecule has 8 aromatic rings. The van der Waals surface area contributed by atoms with E-state index in [0.717, 1.165) is 60.2 Å². The molecule has 4 aliphatic heterocycles. The predicted octanol–water partition coefficient (Wildman–Crippen LogP) is 10.7. The minimum absolute atomic E-state index is 0.0107. The molecule has 12 N–H and O–H groups in total. The van der Waals surface area contributed by atoms with Crippen molar-refractivity contribution in [2.24, 2.45) is 0 Å². The highest BCUT2D eigenvalue weighted by atomic mass is 32.2. The zero-order chi connectivity index (χ0) is 99.7. The molecule has 12 rings (SSSR count). The number of carbonyl (C=O) groups excluding carboxylic acids is 12. The Hall–Kier alpha value is -13.0. The third-order valence-corrected chi connectivity index (χ3v) is 29.2. The Kier molecular flexibility index (Phi) is 40.0. The number of hydrogen-bond donors (Lipinski definition) is 12. The van der Waals surface area contributed by atoms with Gasteiger partial charge in [-0.05, 0) is 70.2 Å². The number of aromatic nitrogens is 4. The number of anilines is 4. The summed E-state index contributed by atoms with van der Waals surface area (Å²) in [7, 11) is -6.22. The van der Waals surface area contributed by atoms with Crippen LogP contribution in [0.3, 0.4) is 0 Å². The molecule has 0 spiro atoms. The average Bonchev–Trinajstić information content (AvgIpc) is 0.868. The van der Waals surface area contributed by atoms with Gasteiger partial charge in [-0.25, -0.2) is 53.6 Å². The molecule has 0 saturated heterocycles. The molecule has 712 valence electrons. The number of amides is 8. The highest BCUT2D eigenvalue weighted by Gasteiger charge is 2.44. The Morgan fingerprint density at radius 2 is 0.659 bits per heavy atom. The number of aliphatic hydroxyl groups is 4. The van der Waals surface area contributed by atoms with Crippen LogP contribution in [0.4, 0.5) is 20.5 Å². The number of ketones is 4. The van der Waals surface area contributed by atoms with Crippen LogP contribution in [0.25, 0.3) is 23.0 Å². The first-order valence-electron chi connectivity index (χ1n) is 40.4. The monoisotopic (exact) mass is 1980 g/mol. The number of nitrogens with zero attached hydrogens (tertiary/aromatic N) is 8. The van der Waals surface area contributed by atoms with E-state index in [2.05, 4.69) is 62.5 Å². The number of likely N-dealkylation sites (N-methyl/N-ethyl adjacent to an activating group) is 4. The Labute approximate surface area is 780 Å². The van der Waals surface area contributed by atoms with Gasteiger partial charge in [0, 0.05) is 179 Å². The summed E-state index contributed by atoms with van der Waals surface area (Å²) in [5.41, 5.74) is -2.22. The largest absolute Gasteiger partial charge is 0.505 e. The number of thiazole rings is 4. The number of Topliss-reactive ketones (excluding diaryl/α,β-unsaturated/α-hetero) is 4. The predicted molar refractivity (Wildman–Crippen MR) is 502 cm³/mol. The highest BCUT2D eigenvalue weighted by Crippen LogP contribution is 2.42. The van der Waals surface area contributed by atoms with Gasteiger partial charge in [0.1, 0.15) is 5.69 Å². The molecule has 4 aliphatic rings. The van der Waals surface area contributed by atoms with E-state index >= 15 is 0 Å². The molecule has 0 radical (unpaired) electrons. The summed E-state index contributed by atoms with van der Waals surface area (Å²) in [6, 6.07) is 17.2. The number of sulfonamides is 4. The number of hydrogen-bond acceptors (Lipinski definition) is 32. The van der Waals surface area contributed by atoms with E-state index in [1.165, 1.54) is 135 Å². The number of carbonyl (C=O) groups is 12. The fraction of sp³-hybridized carbons (Fsp3) is 0.333. The maximum Gasteiger partial charge on any atom is 0.278 e. The van der Waals surface area contributed by atoms with Crippen LogP contribution in [-0.2, 0) is 78.4 Å². The standard InChI is InChI=1S/4C19H20N4O6S2.4C2H6/c1-10-9-21-19(30-10)22-18(27)16-17(26)12-8-11(13(24)5-7-15(25)20-2)4-6-14(12)31(28,29)23(16)3;1-10-9-21-19(30-10)22-18(27)16-17(26)12-5-4-11(13(24)6-7-15(25)20-2)8-14(12)31(28,29)23(16)3;1-10-9-21-19(30-10)22-18(27)16-17(26)15-11(12(24)7-8-14(25)20-2)5-4-6-13(15)31(28,29)23(16)3;1-10-15(12(24)8-9-14(25)20-2)21-19(30-10)22-18(27)16-17(26)11-6-4-5-7-13(11)31(28,29)23(16)3;4*1-2/h4,6,8-9,26H,5,7H2,1-3H3,(H,20,25)(H,21,22,27);4-5,8-9,26H,6-7H2,1-3H3,(H,20,25)(H,21,22,27);4-6,9,26H,7-8H2,1-3H3,(H,20,25)(H,21,22,27);4-7,26H,8-9H2,1-3H3,(H,20,25)(H,21,22,27);4*1-2H3. The summed E-state index contributed by atoms with van der Waals surface area (Å²) >= 11 is 4.60. The molecular weight excluding hydrogens is 1870 g/mol. The lowest BCUT2D eigenvalue weighted by Gasteiger charge is -2.29. The van der Waals surface area contributed by atoms with Crippen molar-refractivity contribution >= 4 is 199 Å². The van der Waals surface area contributed by atoms with E-state index in [4.69, 9.17) is 0 Å². The van der Waals surface area contributed by atoms with Crippen molar-refractivity contribution in [2.45, 2.75) is 154 Å². The molecule has 0 unspecified atom stereocenters. The van der Waals surface area contributed by atoms with E-state index in [1.807, 2.05) is 55.4 Å². The van der Waals surface area contributed by atoms with Crippen LogP contribution >= 0.6 is 45.3 Å². The van der Waals surface area contributed by atoms with Crippen LogP contribution < -0.4 is 42.5 Å². The molecule has 0 fully saturated rings. The smallest absolute Gasteiger partial charge is 0.278 e. The molecule has 132 heavy (non-hydrogen) atoms. The SMILES string of the molecule is CC.CC.CC.CC.CNC(=O)CCC(=O)c1ccc2c(c1)C(O)=C(C(=O)Nc1ncc(C)s1)N(C)S2(=O)=O.CNC(=O)CCC(=O)c1ccc2c(c1)S(=O)(=O)N(C)C(C(=O)Nc1ncc(C)s1)=C2O.CNC(=O)CCC(=O)c1cccc2c1C(O)=C(C(=O)Nc1ncc(C)s1)N(C)S2(=O)=O.CNC(=O)CCC(=O)c1nc(NC(=O)C2=C(O)c3ccccc3S(=O)(=O)N2C)sc1C. The third-order valence-electron chi connectivity index (χ3n) is 18.6. The molecule has 0 saturated carbocycles. The van der Waals surface area contributed by atoms with Crippen molar-refractivity contribution in [3.63, 3.8) is 0 Å². The second kappa shape index (κ2) is 48.2. The lowest BCUT2D eigenvalue weighted by Crippen LogP contribution is -2.37. The van der Waals surface area contributed by atoms with Gasteiger partial charge in [-0.3, -0.25) is 96.0 Å². The van der Waals surface area contributed by atoms with Crippen molar-refractivity contribution in [1.82, 2.24) is 58.4 Å². The maximum absolute atomic E-state index is 13.0. The molecule has 40 nitrogen and oxygen atoms in total. The first-order chi connectivity index (χ1) is 62.3. The van der Waals surface area contributed by atoms with E-state index in [1.54, 1.807) is 46.2 Å². The van der Waals surface area contributed by atoms with Crippen LogP contribution in [0.2, 0.25) is 0 Å². The summed E-state index contributed by atoms with van der Waals surface area (Å²) in [5.74, 6) is -8.72. The normalized spacial score (nSPS) is 14.0. The summed E-state index contributed by atoms with van der Waals surface area (Å²) in [4.78, 5) is 165. The fourth-order valence-electron chi connectivity index (χ4n) is 12.0. The van der Waals surface area contributed by atoms with Gasteiger partial charge in [0.05, 0.1) is 25.1 Å². The maximum atomic E-state index is 13.0. The molecular formula is C84H104N16O24S8. The molecule has 4 aromatic carbocycles. The second-order valence-electron chi connectivity index (χ2n) is 26.7. The molecule has 8 amide bonds. The van der Waals surface area contributed by atoms with Gasteiger partial charge in [0.25, 0.3) is 63.7 Å². The van der Waals surface area contributed by atoms with Crippen molar-refractivity contribution in [1.29, 1.82) is 0 Å². The van der Waals surface area contributed by atoms with Crippen LogP contribution in [-0.4, -0.2) is 218 Å². The zero-order valence-electron chi connectivity index (χ0n) is 75.7. The molecule has 48 heteroatoms. The Morgan fingerprint density at radius 3 is 1.05 bits per heavy atom. The van der Waals surface area contributed by atoms with Gasteiger partial charge < -0.3 is 41.7 Å². The van der Waals surface area contributed by atoms with Gasteiger partial charge in [-0.2, -0.15) is 0 Å². The van der Waals surface area contributed by atoms with Crippen molar-refractivity contribution < 1.29 is 112 Å². The van der Waals surface area contributed by atoms with E-state index in [9.17, 15) is 112 Å². The van der Waals surface area contributed by atoms with Gasteiger partial charge >= 0.3 is 0 Å². The minimum atomic E-state index is -4.22. The lowest BCUT2D eigenvalue weighted by molar-refractivity contribution is -0.121. The minimum Gasteiger partial charge on any atom is -0.505 e. The van der Waals surface area contributed by atoms with Crippen molar-refractivity contribution in [3.8, 4) is 0 Å². The molecule has 8 heterocycles. The fourth-order valence-corrected chi connectivity index (χ4v) is 20.4. The van der Waals surface area contributed by atoms with Crippen molar-refractivity contribution in [3.05, 3.63) is 184 Å². The number of rotatable bonds is 24. The zero-order valence-corrected chi connectivity index (χ0v) is 82.2. The van der Waals surface area contributed by atoms with Crippen LogP contribution in [0, 0.1) is 27.7 Å². The number of benzene rings is 4. The Balaban J connectivity index is 0.000000303. The van der Waals surface area contributed by atoms with E-state index < -0.39 is 127 Å². The molecule has 4 aromatic heterocycles. The van der Waals surface area contributed by atoms with E-state index in [-0.39, 0.29) is 166 Å². The van der Waals surface area contributed by atoms with E-state index in [0.29, 0.717) is 22.1 Å². The number of nitrogens with one attached hydrogen (secondary N) is 8. The van der Waals surface area contributed by atoms with Gasteiger partial charge in [-0.1, -0.05) is 91.8 Å². The summed E-state index contributed by atoms with van der Waals surface area (Å²) in [5, 5.41) is 63.2. The first kappa shape index (κ1) is 110. The third kappa shape index (κ3) is 25.4. The summed E-state index contributed by atoms with van der Waals surface area (Å²) in [6.45, 7) is 23.0. The number of fused-ring (bicyclic) bond motifs is 4. The summed E-state index contributed by atoms with van der Waals surface area (Å²) in [6.07, 6.45) is 4.04. The van der Waals surface area contributed by atoms with Crippen molar-refractivity contribution in [2.75, 3.05) is 77.6 Å². The number of aliphatic hydroxyl groups excluding tert-OH is 4. The average molecular weight is 1980 g/mol. The van der Waals surface area contributed by atoms with Crippen LogP contribution in [0.5, 0.6) is 0 Å². The van der Waals surface area contributed by atoms with Gasteiger partial charge in [0.15, 0.2) is 89.5 Å². The topological polar surface area (TPSA) is 583 Å². The molecule has 0 atom stereocenters. The van der Waals surface area contributed by atoms with Crippen LogP contribution in [0.1, 0.15) is 190 Å². The highest BCUT2D eigenvalue weighted by molar-refractivity contribution is 7.90. The first-order valence-corrected chi connectivity index (χ1v) is 49.5. The quantitative estimate of drug-likeness (QED) is 0.0250.